The normalized spacial score (nSPS) is 16.4. The van der Waals surface area contributed by atoms with Crippen LogP contribution in [0, 0.1) is 5.92 Å². The molecule has 1 aromatic heterocycles. The first kappa shape index (κ1) is 13.7. The molecule has 0 saturated heterocycles. The second-order valence-electron chi connectivity index (χ2n) is 5.14. The van der Waals surface area contributed by atoms with Crippen molar-refractivity contribution >= 4 is 11.7 Å². The van der Waals surface area contributed by atoms with Crippen LogP contribution in [0.4, 0.5) is 0 Å². The van der Waals surface area contributed by atoms with Gasteiger partial charge in [0.05, 0.1) is 0 Å². The molecular formula is C15H20N2O2. The van der Waals surface area contributed by atoms with Crippen LogP contribution in [0.15, 0.2) is 24.4 Å². The van der Waals surface area contributed by atoms with Crippen molar-refractivity contribution in [3.05, 3.63) is 30.1 Å². The highest BCUT2D eigenvalue weighted by Crippen LogP contribution is 2.23. The van der Waals surface area contributed by atoms with Crippen molar-refractivity contribution in [2.24, 2.45) is 5.92 Å². The van der Waals surface area contributed by atoms with Crippen molar-refractivity contribution in [3.8, 4) is 0 Å². The van der Waals surface area contributed by atoms with Gasteiger partial charge in [-0.05, 0) is 25.0 Å². The highest BCUT2D eigenvalue weighted by atomic mass is 16.2. The summed E-state index contributed by atoms with van der Waals surface area (Å²) in [5, 5.41) is 0. The lowest BCUT2D eigenvalue weighted by molar-refractivity contribution is -0.136. The molecule has 0 aliphatic heterocycles. The first-order valence-electron chi connectivity index (χ1n) is 6.83. The van der Waals surface area contributed by atoms with Gasteiger partial charge in [0, 0.05) is 50.7 Å². The average Bonchev–Trinajstić information content (AvgIpc) is 2.46. The molecule has 1 aliphatic carbocycles. The van der Waals surface area contributed by atoms with Crippen LogP contribution in [0.25, 0.3) is 0 Å². The van der Waals surface area contributed by atoms with Crippen LogP contribution in [0.2, 0.25) is 0 Å². The third-order valence-electron chi connectivity index (χ3n) is 3.70. The highest BCUT2D eigenvalue weighted by Gasteiger charge is 2.26. The van der Waals surface area contributed by atoms with Gasteiger partial charge in [0.2, 0.25) is 5.91 Å². The standard InChI is InChI=1S/C15H20N2O2/c1-17(11-9-13-4-2-3-10-16-13)15(19)12-5-7-14(18)8-6-12/h2-4,10,12H,5-9,11H2,1H3. The molecule has 102 valence electrons. The third kappa shape index (κ3) is 3.88. The summed E-state index contributed by atoms with van der Waals surface area (Å²) in [5.41, 5.74) is 1.00. The summed E-state index contributed by atoms with van der Waals surface area (Å²) < 4.78 is 0. The number of hydrogen-bond donors (Lipinski definition) is 0. The first-order chi connectivity index (χ1) is 9.16. The second kappa shape index (κ2) is 6.45. The number of nitrogens with zero attached hydrogens (tertiary/aromatic N) is 2. The molecule has 19 heavy (non-hydrogen) atoms. The molecule has 0 unspecified atom stereocenters. The summed E-state index contributed by atoms with van der Waals surface area (Å²) in [6, 6.07) is 5.81. The van der Waals surface area contributed by atoms with Crippen molar-refractivity contribution in [1.29, 1.82) is 0 Å². The number of carbonyl (C=O) groups excluding carboxylic acids is 2. The van der Waals surface area contributed by atoms with Gasteiger partial charge in [0.15, 0.2) is 0 Å². The van der Waals surface area contributed by atoms with E-state index in [1.54, 1.807) is 11.1 Å². The van der Waals surface area contributed by atoms with Gasteiger partial charge < -0.3 is 4.90 Å². The summed E-state index contributed by atoms with van der Waals surface area (Å²) >= 11 is 0. The van der Waals surface area contributed by atoms with Gasteiger partial charge in [0.1, 0.15) is 5.78 Å². The van der Waals surface area contributed by atoms with E-state index in [9.17, 15) is 9.59 Å². The minimum Gasteiger partial charge on any atom is -0.345 e. The van der Waals surface area contributed by atoms with E-state index in [0.29, 0.717) is 38.0 Å². The topological polar surface area (TPSA) is 50.3 Å². The molecular weight excluding hydrogens is 240 g/mol. The lowest BCUT2D eigenvalue weighted by Gasteiger charge is -2.25. The van der Waals surface area contributed by atoms with Crippen molar-refractivity contribution in [3.63, 3.8) is 0 Å². The zero-order chi connectivity index (χ0) is 13.7. The molecule has 0 aromatic carbocycles. The van der Waals surface area contributed by atoms with Gasteiger partial charge in [0.25, 0.3) is 0 Å². The number of hydrogen-bond acceptors (Lipinski definition) is 3. The van der Waals surface area contributed by atoms with Crippen LogP contribution in [0.5, 0.6) is 0 Å². The van der Waals surface area contributed by atoms with Gasteiger partial charge >= 0.3 is 0 Å². The van der Waals surface area contributed by atoms with Gasteiger partial charge in [-0.25, -0.2) is 0 Å². The molecule has 1 fully saturated rings. The van der Waals surface area contributed by atoms with E-state index < -0.39 is 0 Å². The smallest absolute Gasteiger partial charge is 0.225 e. The summed E-state index contributed by atoms with van der Waals surface area (Å²) in [6.07, 6.45) is 5.09. The average molecular weight is 260 g/mol. The Morgan fingerprint density at radius 3 is 2.74 bits per heavy atom. The van der Waals surface area contributed by atoms with Crippen molar-refractivity contribution < 1.29 is 9.59 Å². The van der Waals surface area contributed by atoms with Crippen LogP contribution < -0.4 is 0 Å². The molecule has 4 heteroatoms. The SMILES string of the molecule is CN(CCc1ccccn1)C(=O)C1CCC(=O)CC1. The van der Waals surface area contributed by atoms with E-state index >= 15 is 0 Å². The van der Waals surface area contributed by atoms with Crippen molar-refractivity contribution in [2.75, 3.05) is 13.6 Å². The molecule has 2 rings (SSSR count). The molecule has 1 amide bonds. The third-order valence-corrected chi connectivity index (χ3v) is 3.70. The number of rotatable bonds is 4. The Kier molecular flexibility index (Phi) is 4.66. The van der Waals surface area contributed by atoms with Gasteiger partial charge in [-0.1, -0.05) is 6.07 Å². The maximum Gasteiger partial charge on any atom is 0.225 e. The van der Waals surface area contributed by atoms with Gasteiger partial charge in [-0.3, -0.25) is 14.6 Å². The molecule has 1 saturated carbocycles. The Morgan fingerprint density at radius 1 is 1.37 bits per heavy atom. The zero-order valence-corrected chi connectivity index (χ0v) is 11.3. The maximum absolute atomic E-state index is 12.2. The molecule has 1 aromatic rings. The maximum atomic E-state index is 12.2. The molecule has 0 radical (unpaired) electrons. The number of likely N-dealkylation sites (N-methyl/N-ethyl adjacent to an activating group) is 1. The highest BCUT2D eigenvalue weighted by molar-refractivity contribution is 5.84. The Balaban J connectivity index is 1.81. The largest absolute Gasteiger partial charge is 0.345 e. The molecule has 0 N–H and O–H groups in total. The van der Waals surface area contributed by atoms with Crippen LogP contribution in [0.3, 0.4) is 0 Å². The quantitative estimate of drug-likeness (QED) is 0.830. The van der Waals surface area contributed by atoms with Gasteiger partial charge in [-0.2, -0.15) is 0 Å². The summed E-state index contributed by atoms with van der Waals surface area (Å²) in [6.45, 7) is 0.681. The summed E-state index contributed by atoms with van der Waals surface area (Å²) in [7, 11) is 1.84. The fourth-order valence-electron chi connectivity index (χ4n) is 2.44. The van der Waals surface area contributed by atoms with E-state index in [1.165, 1.54) is 0 Å². The van der Waals surface area contributed by atoms with Crippen LogP contribution >= 0.6 is 0 Å². The minimum absolute atomic E-state index is 0.0337. The Morgan fingerprint density at radius 2 is 2.11 bits per heavy atom. The fraction of sp³-hybridized carbons (Fsp3) is 0.533. The molecule has 1 heterocycles. The van der Waals surface area contributed by atoms with E-state index in [0.717, 1.165) is 12.1 Å². The Labute approximate surface area is 113 Å². The number of amides is 1. The molecule has 1 aliphatic rings. The Hall–Kier alpha value is -1.71. The second-order valence-corrected chi connectivity index (χ2v) is 5.14. The first-order valence-corrected chi connectivity index (χ1v) is 6.83. The number of ketones is 1. The number of aromatic nitrogens is 1. The summed E-state index contributed by atoms with van der Waals surface area (Å²) in [5.74, 6) is 0.495. The monoisotopic (exact) mass is 260 g/mol. The minimum atomic E-state index is 0.0337. The number of Topliss-reactive ketones (excluding diaryl/α,β-unsaturated/α-hetero) is 1. The van der Waals surface area contributed by atoms with Gasteiger partial charge in [-0.15, -0.1) is 0 Å². The lowest BCUT2D eigenvalue weighted by Crippen LogP contribution is -2.36. The number of carbonyl (C=O) groups is 2. The fourth-order valence-corrected chi connectivity index (χ4v) is 2.44. The zero-order valence-electron chi connectivity index (χ0n) is 11.3. The predicted molar refractivity (Wildman–Crippen MR) is 72.5 cm³/mol. The van der Waals surface area contributed by atoms with E-state index in [4.69, 9.17) is 0 Å². The van der Waals surface area contributed by atoms with E-state index in [2.05, 4.69) is 4.98 Å². The van der Waals surface area contributed by atoms with Crippen molar-refractivity contribution in [2.45, 2.75) is 32.1 Å². The molecule has 0 bridgehead atoms. The molecule has 4 nitrogen and oxygen atoms in total. The lowest BCUT2D eigenvalue weighted by atomic mass is 9.87. The summed E-state index contributed by atoms with van der Waals surface area (Å²) in [4.78, 5) is 29.4. The van der Waals surface area contributed by atoms with Crippen LogP contribution in [0.1, 0.15) is 31.4 Å². The molecule has 0 spiro atoms. The van der Waals surface area contributed by atoms with E-state index in [-0.39, 0.29) is 11.8 Å². The van der Waals surface area contributed by atoms with E-state index in [1.807, 2.05) is 25.2 Å². The predicted octanol–water partition coefficient (Wildman–Crippen LogP) is 1.84. The van der Waals surface area contributed by atoms with Crippen LogP contribution in [-0.2, 0) is 16.0 Å². The Bertz CT molecular complexity index is 435. The number of pyridine rings is 1. The molecule has 0 atom stereocenters. The van der Waals surface area contributed by atoms with Crippen molar-refractivity contribution in [1.82, 2.24) is 9.88 Å². The van der Waals surface area contributed by atoms with Crippen LogP contribution in [-0.4, -0.2) is 35.2 Å².